The van der Waals surface area contributed by atoms with Crippen LogP contribution in [-0.4, -0.2) is 105 Å². The standard InChI is InChI=1S/C38H48N10O6/c1-19(2)31(45-37(51)53-5)35(49)47-11-7-9-29(47)33-39-17-27(43-33)25-14-21-13-22-15-26(42-24(22)16-23(21)41-25)28-18-40-34(44-28)30-10-8-12-48(30)36(50)32(20(3)4)46-38(52)54-6/h13,16-20,29-32H,7-12,14-15H2,1-6H3,(H,39,43)(H,40,44)(H,45,51)(H,46,52)/t29-,30-,31-,32-/m0/s1. The van der Waals surface area contributed by atoms with E-state index in [1.165, 1.54) is 14.2 Å². The van der Waals surface area contributed by atoms with E-state index in [1.54, 1.807) is 22.2 Å². The molecule has 2 saturated heterocycles. The molecule has 7 rings (SSSR count). The summed E-state index contributed by atoms with van der Waals surface area (Å²) >= 11 is 0. The number of benzene rings is 1. The minimum atomic E-state index is -0.698. The summed E-state index contributed by atoms with van der Waals surface area (Å²) in [6.45, 7) is 8.75. The van der Waals surface area contributed by atoms with Crippen LogP contribution in [0.1, 0.15) is 99.6 Å². The molecule has 4 N–H and O–H groups in total. The van der Waals surface area contributed by atoms with Crippen molar-refractivity contribution in [1.29, 1.82) is 0 Å². The molecule has 1 aromatic carbocycles. The fraction of sp³-hybridized carbons (Fsp3) is 0.526. The third-order valence-electron chi connectivity index (χ3n) is 10.8. The molecule has 0 saturated carbocycles. The minimum absolute atomic E-state index is 0.114. The molecule has 4 aliphatic rings. The zero-order valence-electron chi connectivity index (χ0n) is 31.6. The number of rotatable bonds is 10. The second-order valence-electron chi connectivity index (χ2n) is 15.0. The van der Waals surface area contributed by atoms with Gasteiger partial charge in [-0.3, -0.25) is 19.6 Å². The molecule has 16 nitrogen and oxygen atoms in total. The Kier molecular flexibility index (Phi) is 10.3. The zero-order valence-corrected chi connectivity index (χ0v) is 31.6. The molecule has 4 aliphatic heterocycles. The predicted molar refractivity (Wildman–Crippen MR) is 199 cm³/mol. The smallest absolute Gasteiger partial charge is 0.407 e. The Morgan fingerprint density at radius 1 is 0.704 bits per heavy atom. The Bertz CT molecular complexity index is 1880. The van der Waals surface area contributed by atoms with Gasteiger partial charge in [-0.25, -0.2) is 19.6 Å². The maximum absolute atomic E-state index is 13.6. The van der Waals surface area contributed by atoms with Crippen molar-refractivity contribution in [3.63, 3.8) is 0 Å². The molecule has 2 aromatic heterocycles. The summed E-state index contributed by atoms with van der Waals surface area (Å²) in [4.78, 5) is 80.8. The van der Waals surface area contributed by atoms with Gasteiger partial charge in [-0.05, 0) is 54.7 Å². The van der Waals surface area contributed by atoms with Crippen molar-refractivity contribution >= 4 is 46.8 Å². The van der Waals surface area contributed by atoms with Crippen molar-refractivity contribution in [1.82, 2.24) is 40.4 Å². The van der Waals surface area contributed by atoms with Crippen LogP contribution in [0.25, 0.3) is 0 Å². The molecule has 0 unspecified atom stereocenters. The van der Waals surface area contributed by atoms with E-state index in [9.17, 15) is 19.2 Å². The SMILES string of the molecule is COC(=O)N[C@H](C(=O)N1CCC[C@H]1c1ncc(C2=Nc3cc4c(cc3C2)CC(c2cnc([C@@H]3CCCN3C(=O)[C@@H](NC(=O)OC)C(C)C)[nH]2)=N4)[nH]1)C(C)C. The van der Waals surface area contributed by atoms with Gasteiger partial charge in [0.15, 0.2) is 0 Å². The van der Waals surface area contributed by atoms with Crippen molar-refractivity contribution in [2.45, 2.75) is 90.4 Å². The van der Waals surface area contributed by atoms with Crippen molar-refractivity contribution in [3.05, 3.63) is 58.7 Å². The number of hydrogen-bond donors (Lipinski definition) is 4. The molecule has 0 bridgehead atoms. The van der Waals surface area contributed by atoms with Gasteiger partial charge in [0.25, 0.3) is 0 Å². The first-order valence-electron chi connectivity index (χ1n) is 18.7. The van der Waals surface area contributed by atoms with E-state index in [-0.39, 0.29) is 35.7 Å². The van der Waals surface area contributed by atoms with Gasteiger partial charge >= 0.3 is 12.2 Å². The zero-order chi connectivity index (χ0) is 38.3. The second-order valence-corrected chi connectivity index (χ2v) is 15.0. The Morgan fingerprint density at radius 2 is 1.13 bits per heavy atom. The molecular formula is C38H48N10O6. The summed E-state index contributed by atoms with van der Waals surface area (Å²) in [7, 11) is 2.57. The highest BCUT2D eigenvalue weighted by atomic mass is 16.5. The molecule has 2 fully saturated rings. The monoisotopic (exact) mass is 740 g/mol. The first kappa shape index (κ1) is 36.8. The first-order chi connectivity index (χ1) is 25.9. The minimum Gasteiger partial charge on any atom is -0.453 e. The lowest BCUT2D eigenvalue weighted by molar-refractivity contribution is -0.136. The van der Waals surface area contributed by atoms with Gasteiger partial charge in [0.2, 0.25) is 11.8 Å². The number of amides is 4. The molecular weight excluding hydrogens is 692 g/mol. The third-order valence-corrected chi connectivity index (χ3v) is 10.8. The first-order valence-corrected chi connectivity index (χ1v) is 18.7. The van der Waals surface area contributed by atoms with Gasteiger partial charge < -0.3 is 39.9 Å². The number of aliphatic imine (C=N–C) groups is 2. The van der Waals surface area contributed by atoms with Crippen LogP contribution < -0.4 is 10.6 Å². The Labute approximate surface area is 313 Å². The number of likely N-dealkylation sites (tertiary alicyclic amines) is 2. The normalized spacial score (nSPS) is 20.1. The van der Waals surface area contributed by atoms with Gasteiger partial charge in [0, 0.05) is 25.9 Å². The van der Waals surface area contributed by atoms with Crippen molar-refractivity contribution in [3.8, 4) is 0 Å². The molecule has 4 amide bonds. The maximum Gasteiger partial charge on any atom is 0.407 e. The number of imidazole rings is 2. The fourth-order valence-electron chi connectivity index (χ4n) is 7.90. The molecule has 0 aliphatic carbocycles. The number of fused-ring (bicyclic) bond motifs is 2. The van der Waals surface area contributed by atoms with Crippen LogP contribution in [0.15, 0.2) is 34.5 Å². The summed E-state index contributed by atoms with van der Waals surface area (Å²) < 4.78 is 9.51. The molecule has 3 aromatic rings. The molecule has 16 heteroatoms. The number of aromatic amines is 2. The topological polar surface area (TPSA) is 199 Å². The highest BCUT2D eigenvalue weighted by Crippen LogP contribution is 2.40. The molecule has 6 heterocycles. The lowest BCUT2D eigenvalue weighted by Crippen LogP contribution is -2.51. The number of hydrogen-bond acceptors (Lipinski definition) is 10. The number of methoxy groups -OCH3 is 2. The average Bonchev–Trinajstić information content (AvgIpc) is 4.00. The predicted octanol–water partition coefficient (Wildman–Crippen LogP) is 4.57. The summed E-state index contributed by atoms with van der Waals surface area (Å²) in [5.74, 6) is 0.877. The number of H-pyrrole nitrogens is 2. The van der Waals surface area contributed by atoms with Gasteiger partial charge in [-0.2, -0.15) is 0 Å². The summed E-state index contributed by atoms with van der Waals surface area (Å²) in [5, 5.41) is 5.39. The summed E-state index contributed by atoms with van der Waals surface area (Å²) in [6.07, 6.45) is 6.78. The molecule has 0 radical (unpaired) electrons. The second kappa shape index (κ2) is 15.1. The van der Waals surface area contributed by atoms with Crippen LogP contribution in [0, 0.1) is 11.8 Å². The average molecular weight is 741 g/mol. The highest BCUT2D eigenvalue weighted by molar-refractivity contribution is 6.08. The largest absolute Gasteiger partial charge is 0.453 e. The Morgan fingerprint density at radius 3 is 1.52 bits per heavy atom. The maximum atomic E-state index is 13.6. The van der Waals surface area contributed by atoms with Gasteiger partial charge in [-0.15, -0.1) is 0 Å². The molecule has 54 heavy (non-hydrogen) atoms. The van der Waals surface area contributed by atoms with E-state index < -0.39 is 24.3 Å². The van der Waals surface area contributed by atoms with Crippen LogP contribution >= 0.6 is 0 Å². The number of carbonyl (C=O) groups excluding carboxylic acids is 4. The van der Waals surface area contributed by atoms with E-state index in [1.807, 2.05) is 33.8 Å². The summed E-state index contributed by atoms with van der Waals surface area (Å²) in [6, 6.07) is 2.34. The fourth-order valence-corrected chi connectivity index (χ4v) is 7.90. The number of carbonyl (C=O) groups is 4. The number of aromatic nitrogens is 4. The highest BCUT2D eigenvalue weighted by Gasteiger charge is 2.39. The van der Waals surface area contributed by atoms with Crippen LogP contribution in [0.5, 0.6) is 0 Å². The molecule has 286 valence electrons. The van der Waals surface area contributed by atoms with Crippen LogP contribution in [0.2, 0.25) is 0 Å². The van der Waals surface area contributed by atoms with Crippen LogP contribution in [-0.2, 0) is 31.9 Å². The van der Waals surface area contributed by atoms with Gasteiger partial charge in [0.05, 0.1) is 72.9 Å². The van der Waals surface area contributed by atoms with Gasteiger partial charge in [0.1, 0.15) is 23.7 Å². The van der Waals surface area contributed by atoms with E-state index in [2.05, 4.69) is 36.6 Å². The third kappa shape index (κ3) is 7.08. The number of ether oxygens (including phenoxy) is 2. The van der Waals surface area contributed by atoms with Crippen LogP contribution in [0.4, 0.5) is 21.0 Å². The molecule has 0 spiro atoms. The quantitative estimate of drug-likeness (QED) is 0.232. The Balaban J connectivity index is 1.03. The lowest BCUT2D eigenvalue weighted by Gasteiger charge is -2.30. The lowest BCUT2D eigenvalue weighted by atomic mass is 10.0. The number of nitrogens with zero attached hydrogens (tertiary/aromatic N) is 6. The van der Waals surface area contributed by atoms with Crippen molar-refractivity contribution in [2.24, 2.45) is 21.8 Å². The van der Waals surface area contributed by atoms with E-state index in [0.717, 1.165) is 71.0 Å². The number of alkyl carbamates (subject to hydrolysis) is 2. The van der Waals surface area contributed by atoms with Crippen LogP contribution in [0.3, 0.4) is 0 Å². The van der Waals surface area contributed by atoms with E-state index in [0.29, 0.717) is 37.6 Å². The van der Waals surface area contributed by atoms with Gasteiger partial charge in [-0.1, -0.05) is 33.8 Å². The molecule has 4 atom stereocenters. The van der Waals surface area contributed by atoms with Crippen molar-refractivity contribution in [2.75, 3.05) is 27.3 Å². The van der Waals surface area contributed by atoms with Crippen molar-refractivity contribution < 1.29 is 28.7 Å². The van der Waals surface area contributed by atoms with E-state index >= 15 is 0 Å². The van der Waals surface area contributed by atoms with E-state index in [4.69, 9.17) is 19.5 Å². The summed E-state index contributed by atoms with van der Waals surface area (Å²) in [5.41, 5.74) is 7.29. The Hall–Kier alpha value is -5.54. The number of nitrogens with one attached hydrogen (secondary N) is 4.